The maximum atomic E-state index is 12.9. The molecule has 0 saturated carbocycles. The van der Waals surface area contributed by atoms with Crippen LogP contribution in [0.1, 0.15) is 27.6 Å². The number of aromatic nitrogens is 1. The summed E-state index contributed by atoms with van der Waals surface area (Å²) in [6, 6.07) is 9.40. The van der Waals surface area contributed by atoms with Gasteiger partial charge in [0.2, 0.25) is 5.91 Å². The van der Waals surface area contributed by atoms with E-state index in [0.29, 0.717) is 10.9 Å². The predicted molar refractivity (Wildman–Crippen MR) is 92.6 cm³/mol. The monoisotopic (exact) mass is 380 g/mol. The van der Waals surface area contributed by atoms with Gasteiger partial charge in [-0.3, -0.25) is 14.2 Å². The molecule has 0 radical (unpaired) electrons. The Bertz CT molecular complexity index is 1020. The highest BCUT2D eigenvalue weighted by atomic mass is 35.5. The third-order valence-electron chi connectivity index (χ3n) is 3.84. The van der Waals surface area contributed by atoms with E-state index in [1.54, 1.807) is 24.3 Å². The highest BCUT2D eigenvalue weighted by Crippen LogP contribution is 2.34. The van der Waals surface area contributed by atoms with Gasteiger partial charge in [-0.1, -0.05) is 29.8 Å². The van der Waals surface area contributed by atoms with Gasteiger partial charge in [0.1, 0.15) is 0 Å². The largest absolute Gasteiger partial charge is 0.416 e. The number of nitrogens with zero attached hydrogens (tertiary/aromatic N) is 1. The summed E-state index contributed by atoms with van der Waals surface area (Å²) in [5.41, 5.74) is -0.404. The molecule has 4 nitrogen and oxygen atoms in total. The second-order valence-corrected chi connectivity index (χ2v) is 6.00. The molecule has 26 heavy (non-hydrogen) atoms. The molecule has 0 aliphatic carbocycles. The fourth-order valence-electron chi connectivity index (χ4n) is 2.61. The van der Waals surface area contributed by atoms with Crippen LogP contribution in [0, 0.1) is 0 Å². The number of benzene rings is 2. The number of carbonyl (C=O) groups is 2. The Morgan fingerprint density at radius 1 is 1.12 bits per heavy atom. The number of anilines is 1. The molecule has 134 valence electrons. The molecule has 0 atom stereocenters. The van der Waals surface area contributed by atoms with E-state index >= 15 is 0 Å². The molecule has 0 unspecified atom stereocenters. The minimum absolute atomic E-state index is 0.0262. The van der Waals surface area contributed by atoms with Gasteiger partial charge in [-0.2, -0.15) is 13.2 Å². The third-order valence-corrected chi connectivity index (χ3v) is 4.17. The lowest BCUT2D eigenvalue weighted by molar-refractivity contribution is -0.137. The fourth-order valence-corrected chi connectivity index (χ4v) is 2.77. The van der Waals surface area contributed by atoms with Crippen molar-refractivity contribution in [2.75, 3.05) is 5.32 Å². The number of halogens is 4. The molecule has 2 aromatic carbocycles. The lowest BCUT2D eigenvalue weighted by atomic mass is 10.1. The molecule has 8 heteroatoms. The van der Waals surface area contributed by atoms with Crippen molar-refractivity contribution in [3.05, 3.63) is 64.8 Å². The topological polar surface area (TPSA) is 51.1 Å². The molecule has 0 bridgehead atoms. The number of carbonyl (C=O) groups excluding carboxylic acids is 2. The van der Waals surface area contributed by atoms with E-state index in [1.165, 1.54) is 17.7 Å². The average molecular weight is 381 g/mol. The van der Waals surface area contributed by atoms with Crippen molar-refractivity contribution in [3.63, 3.8) is 0 Å². The summed E-state index contributed by atoms with van der Waals surface area (Å²) in [5, 5.41) is 2.86. The molecule has 3 rings (SSSR count). The number of rotatable bonds is 2. The molecule has 1 amide bonds. The van der Waals surface area contributed by atoms with Crippen LogP contribution in [0.3, 0.4) is 0 Å². The van der Waals surface area contributed by atoms with Crippen molar-refractivity contribution in [3.8, 4) is 0 Å². The molecular formula is C18H12ClF3N2O2. The van der Waals surface area contributed by atoms with Gasteiger partial charge < -0.3 is 5.32 Å². The Hall–Kier alpha value is -2.80. The van der Waals surface area contributed by atoms with E-state index in [4.69, 9.17) is 11.6 Å². The zero-order chi connectivity index (χ0) is 19.1. The first-order valence-corrected chi connectivity index (χ1v) is 7.85. The maximum Gasteiger partial charge on any atom is 0.416 e. The summed E-state index contributed by atoms with van der Waals surface area (Å²) in [5.74, 6) is -0.959. The first kappa shape index (κ1) is 18.0. The van der Waals surface area contributed by atoms with Crippen LogP contribution in [-0.2, 0) is 6.18 Å². The van der Waals surface area contributed by atoms with Gasteiger partial charge in [0.05, 0.1) is 27.4 Å². The molecule has 0 aliphatic heterocycles. The van der Waals surface area contributed by atoms with Crippen molar-refractivity contribution in [2.24, 2.45) is 0 Å². The van der Waals surface area contributed by atoms with Crippen LogP contribution in [0.4, 0.5) is 18.9 Å². The first-order valence-electron chi connectivity index (χ1n) is 7.47. The highest BCUT2D eigenvalue weighted by molar-refractivity contribution is 6.34. The van der Waals surface area contributed by atoms with Crippen molar-refractivity contribution in [2.45, 2.75) is 13.1 Å². The molecule has 0 fully saturated rings. The summed E-state index contributed by atoms with van der Waals surface area (Å²) in [7, 11) is 0. The van der Waals surface area contributed by atoms with Gasteiger partial charge in [-0.05, 0) is 24.3 Å². The molecule has 0 saturated heterocycles. The van der Waals surface area contributed by atoms with Crippen LogP contribution >= 0.6 is 11.6 Å². The molecular weight excluding hydrogens is 369 g/mol. The Kier molecular flexibility index (Phi) is 4.50. The van der Waals surface area contributed by atoms with Crippen LogP contribution in [0.2, 0.25) is 5.02 Å². The van der Waals surface area contributed by atoms with Crippen LogP contribution in [0.15, 0.2) is 48.7 Å². The quantitative estimate of drug-likeness (QED) is 0.662. The minimum atomic E-state index is -4.56. The number of hydrogen-bond acceptors (Lipinski definition) is 2. The molecule has 0 spiro atoms. The Labute approximate surface area is 151 Å². The summed E-state index contributed by atoms with van der Waals surface area (Å²) >= 11 is 5.91. The number of para-hydroxylation sites is 1. The Morgan fingerprint density at radius 2 is 1.81 bits per heavy atom. The second kappa shape index (κ2) is 6.49. The van der Waals surface area contributed by atoms with Crippen LogP contribution in [0.5, 0.6) is 0 Å². The molecule has 0 aliphatic rings. The zero-order valence-corrected chi connectivity index (χ0v) is 14.2. The van der Waals surface area contributed by atoms with E-state index in [9.17, 15) is 22.8 Å². The Morgan fingerprint density at radius 3 is 2.46 bits per heavy atom. The van der Waals surface area contributed by atoms with Crippen molar-refractivity contribution in [1.29, 1.82) is 0 Å². The van der Waals surface area contributed by atoms with Gasteiger partial charge in [-0.15, -0.1) is 0 Å². The number of hydrogen-bond donors (Lipinski definition) is 1. The molecule has 1 heterocycles. The number of alkyl halides is 3. The van der Waals surface area contributed by atoms with Crippen molar-refractivity contribution < 1.29 is 22.8 Å². The molecule has 1 N–H and O–H groups in total. The van der Waals surface area contributed by atoms with E-state index in [2.05, 4.69) is 5.32 Å². The van der Waals surface area contributed by atoms with E-state index < -0.39 is 17.6 Å². The summed E-state index contributed by atoms with van der Waals surface area (Å²) < 4.78 is 39.9. The lowest BCUT2D eigenvalue weighted by Crippen LogP contribution is -2.13. The summed E-state index contributed by atoms with van der Waals surface area (Å²) in [4.78, 5) is 24.3. The van der Waals surface area contributed by atoms with Gasteiger partial charge in [-0.25, -0.2) is 0 Å². The Balaban J connectivity index is 2.02. The maximum absolute atomic E-state index is 12.9. The normalized spacial score (nSPS) is 11.6. The smallest absolute Gasteiger partial charge is 0.321 e. The van der Waals surface area contributed by atoms with Crippen LogP contribution in [0.25, 0.3) is 10.9 Å². The number of fused-ring (bicyclic) bond motifs is 1. The second-order valence-electron chi connectivity index (χ2n) is 5.60. The number of nitrogens with one attached hydrogen (secondary N) is 1. The van der Waals surface area contributed by atoms with Gasteiger partial charge >= 0.3 is 6.18 Å². The van der Waals surface area contributed by atoms with Gasteiger partial charge in [0.15, 0.2) is 0 Å². The average Bonchev–Trinajstić information content (AvgIpc) is 2.96. The SMILES string of the molecule is CC(=O)n1cc(C(=O)Nc2cc(C(F)(F)F)ccc2Cl)c2ccccc21. The predicted octanol–water partition coefficient (Wildman–Crippen LogP) is 5.23. The first-order chi connectivity index (χ1) is 12.2. The lowest BCUT2D eigenvalue weighted by Gasteiger charge is -2.11. The van der Waals surface area contributed by atoms with E-state index in [1.807, 2.05) is 0 Å². The van der Waals surface area contributed by atoms with Crippen molar-refractivity contribution in [1.82, 2.24) is 4.57 Å². The van der Waals surface area contributed by atoms with Crippen LogP contribution in [-0.4, -0.2) is 16.4 Å². The minimum Gasteiger partial charge on any atom is -0.321 e. The van der Waals surface area contributed by atoms with E-state index in [-0.39, 0.29) is 22.2 Å². The standard InChI is InChI=1S/C18H12ClF3N2O2/c1-10(25)24-9-13(12-4-2-3-5-16(12)24)17(26)23-15-8-11(18(20,21)22)6-7-14(15)19/h2-9H,1H3,(H,23,26). The van der Waals surface area contributed by atoms with Crippen molar-refractivity contribution >= 4 is 40.0 Å². The highest BCUT2D eigenvalue weighted by Gasteiger charge is 2.31. The molecule has 3 aromatic rings. The fraction of sp³-hybridized carbons (Fsp3) is 0.111. The summed E-state index contributed by atoms with van der Waals surface area (Å²) in [6.45, 7) is 1.35. The summed E-state index contributed by atoms with van der Waals surface area (Å²) in [6.07, 6.45) is -3.21. The third kappa shape index (κ3) is 3.30. The number of amides is 1. The van der Waals surface area contributed by atoms with Crippen LogP contribution < -0.4 is 5.32 Å². The van der Waals surface area contributed by atoms with Gasteiger partial charge in [0.25, 0.3) is 5.91 Å². The van der Waals surface area contributed by atoms with Gasteiger partial charge in [0, 0.05) is 18.5 Å². The zero-order valence-electron chi connectivity index (χ0n) is 13.4. The van der Waals surface area contributed by atoms with E-state index in [0.717, 1.165) is 18.2 Å². The molecule has 1 aromatic heterocycles.